The van der Waals surface area contributed by atoms with Crippen LogP contribution in [0.5, 0.6) is 0 Å². The lowest BCUT2D eigenvalue weighted by Gasteiger charge is -2.03. The molecule has 0 aliphatic carbocycles. The van der Waals surface area contributed by atoms with Crippen LogP contribution in [0.4, 0.5) is 0 Å². The Morgan fingerprint density at radius 2 is 1.79 bits per heavy atom. The van der Waals surface area contributed by atoms with Gasteiger partial charge in [0.15, 0.2) is 5.65 Å². The van der Waals surface area contributed by atoms with Gasteiger partial charge in [-0.2, -0.15) is 5.10 Å². The van der Waals surface area contributed by atoms with Gasteiger partial charge in [-0.15, -0.1) is 10.2 Å². The first-order valence-electron chi connectivity index (χ1n) is 8.73. The Balaban J connectivity index is 1.38. The third-order valence-electron chi connectivity index (χ3n) is 4.22. The van der Waals surface area contributed by atoms with Gasteiger partial charge in [-0.05, 0) is 36.4 Å². The molecule has 0 saturated carbocycles. The maximum atomic E-state index is 5.92. The van der Waals surface area contributed by atoms with Crippen LogP contribution in [0, 0.1) is 0 Å². The number of para-hydroxylation sites is 1. The van der Waals surface area contributed by atoms with E-state index in [9.17, 15) is 0 Å². The van der Waals surface area contributed by atoms with Crippen LogP contribution in [0.3, 0.4) is 0 Å². The number of hydrogen-bond acceptors (Lipinski definition) is 7. The van der Waals surface area contributed by atoms with Crippen LogP contribution in [0.1, 0.15) is 5.89 Å². The van der Waals surface area contributed by atoms with Gasteiger partial charge in [0.2, 0.25) is 11.8 Å². The normalized spacial score (nSPS) is 11.2. The molecule has 2 aromatic carbocycles. The maximum Gasteiger partial charge on any atom is 0.247 e. The zero-order valence-electron chi connectivity index (χ0n) is 14.9. The van der Waals surface area contributed by atoms with Crippen molar-refractivity contribution in [2.45, 2.75) is 10.8 Å². The molecule has 3 heterocycles. The maximum absolute atomic E-state index is 5.92. The van der Waals surface area contributed by atoms with Gasteiger partial charge < -0.3 is 4.42 Å². The van der Waals surface area contributed by atoms with Crippen molar-refractivity contribution in [2.24, 2.45) is 0 Å². The molecular formula is C20H13ClN6OS. The summed E-state index contributed by atoms with van der Waals surface area (Å²) in [4.78, 5) is 8.80. The molecule has 9 heteroatoms. The summed E-state index contributed by atoms with van der Waals surface area (Å²) in [5.74, 6) is 1.47. The molecule has 0 aliphatic heterocycles. The molecule has 5 rings (SSSR count). The number of thioether (sulfide) groups is 1. The van der Waals surface area contributed by atoms with Crippen LogP contribution in [0.2, 0.25) is 5.02 Å². The smallest absolute Gasteiger partial charge is 0.247 e. The lowest BCUT2D eigenvalue weighted by atomic mass is 10.2. The summed E-state index contributed by atoms with van der Waals surface area (Å²) in [6.07, 6.45) is 3.32. The number of rotatable bonds is 5. The molecule has 0 saturated heterocycles. The Hall–Kier alpha value is -3.23. The summed E-state index contributed by atoms with van der Waals surface area (Å²) in [6, 6.07) is 17.1. The van der Waals surface area contributed by atoms with Gasteiger partial charge >= 0.3 is 0 Å². The molecule has 3 aromatic heterocycles. The zero-order chi connectivity index (χ0) is 19.6. The van der Waals surface area contributed by atoms with Gasteiger partial charge in [0.05, 0.1) is 23.0 Å². The molecule has 142 valence electrons. The monoisotopic (exact) mass is 420 g/mol. The number of halogens is 1. The summed E-state index contributed by atoms with van der Waals surface area (Å²) in [5.41, 5.74) is 2.52. The fourth-order valence-corrected chi connectivity index (χ4v) is 3.77. The highest BCUT2D eigenvalue weighted by atomic mass is 35.5. The van der Waals surface area contributed by atoms with Crippen molar-refractivity contribution in [1.29, 1.82) is 0 Å². The topological polar surface area (TPSA) is 82.5 Å². The van der Waals surface area contributed by atoms with Crippen LogP contribution in [0.25, 0.3) is 28.2 Å². The van der Waals surface area contributed by atoms with Crippen molar-refractivity contribution >= 4 is 34.4 Å². The average molecular weight is 421 g/mol. The molecule has 29 heavy (non-hydrogen) atoms. The first-order chi connectivity index (χ1) is 14.3. The molecule has 0 unspecified atom stereocenters. The Morgan fingerprint density at radius 3 is 2.62 bits per heavy atom. The molecule has 5 aromatic rings. The Morgan fingerprint density at radius 1 is 0.966 bits per heavy atom. The number of fused-ring (bicyclic) bond motifs is 1. The van der Waals surface area contributed by atoms with Crippen molar-refractivity contribution in [3.05, 3.63) is 78.0 Å². The molecule has 0 radical (unpaired) electrons. The SMILES string of the molecule is Clc1ccc(-c2nnc(CSc3ncnc4c3cnn4-c3ccccc3)o2)cc1. The Labute approximate surface area is 174 Å². The van der Waals surface area contributed by atoms with E-state index >= 15 is 0 Å². The molecule has 7 nitrogen and oxygen atoms in total. The summed E-state index contributed by atoms with van der Waals surface area (Å²) >= 11 is 7.42. The molecule has 0 N–H and O–H groups in total. The molecule has 0 aliphatic rings. The van der Waals surface area contributed by atoms with Crippen LogP contribution in [-0.2, 0) is 5.75 Å². The van der Waals surface area contributed by atoms with E-state index in [1.807, 2.05) is 42.5 Å². The highest BCUT2D eigenvalue weighted by molar-refractivity contribution is 7.98. The Bertz CT molecular complexity index is 1270. The summed E-state index contributed by atoms with van der Waals surface area (Å²) in [6.45, 7) is 0. The minimum atomic E-state index is 0.460. The lowest BCUT2D eigenvalue weighted by molar-refractivity contribution is 0.528. The predicted octanol–water partition coefficient (Wildman–Crippen LogP) is 4.81. The third-order valence-corrected chi connectivity index (χ3v) is 5.46. The third kappa shape index (κ3) is 3.59. The number of benzene rings is 2. The second kappa shape index (κ2) is 7.65. The minimum absolute atomic E-state index is 0.460. The van der Waals surface area contributed by atoms with Gasteiger partial charge in [-0.3, -0.25) is 0 Å². The van der Waals surface area contributed by atoms with Crippen LogP contribution in [0.15, 0.2) is 76.6 Å². The number of aromatic nitrogens is 6. The average Bonchev–Trinajstić information content (AvgIpc) is 3.41. The second-order valence-corrected chi connectivity index (χ2v) is 7.51. The molecule has 0 atom stereocenters. The van der Waals surface area contributed by atoms with Crippen LogP contribution < -0.4 is 0 Å². The Kier molecular flexibility index (Phi) is 4.71. The van der Waals surface area contributed by atoms with E-state index in [1.54, 1.807) is 29.3 Å². The molecule has 0 fully saturated rings. The largest absolute Gasteiger partial charge is 0.420 e. The quantitative estimate of drug-likeness (QED) is 0.298. The van der Waals surface area contributed by atoms with Crippen molar-refractivity contribution in [1.82, 2.24) is 29.9 Å². The van der Waals surface area contributed by atoms with Crippen molar-refractivity contribution in [3.63, 3.8) is 0 Å². The van der Waals surface area contributed by atoms with E-state index in [2.05, 4.69) is 25.3 Å². The number of nitrogens with zero attached hydrogens (tertiary/aromatic N) is 6. The molecule has 0 amide bonds. The van der Waals surface area contributed by atoms with Crippen molar-refractivity contribution < 1.29 is 4.42 Å². The predicted molar refractivity (Wildman–Crippen MR) is 111 cm³/mol. The van der Waals surface area contributed by atoms with Crippen molar-refractivity contribution in [2.75, 3.05) is 0 Å². The van der Waals surface area contributed by atoms with E-state index in [4.69, 9.17) is 16.0 Å². The molecular weight excluding hydrogens is 408 g/mol. The molecule has 0 spiro atoms. The summed E-state index contributed by atoms with van der Waals surface area (Å²) < 4.78 is 7.57. The summed E-state index contributed by atoms with van der Waals surface area (Å²) in [7, 11) is 0. The van der Waals surface area contributed by atoms with E-state index < -0.39 is 0 Å². The highest BCUT2D eigenvalue weighted by Gasteiger charge is 2.14. The highest BCUT2D eigenvalue weighted by Crippen LogP contribution is 2.29. The first-order valence-corrected chi connectivity index (χ1v) is 10.1. The van der Waals surface area contributed by atoms with Gasteiger partial charge in [0, 0.05) is 10.6 Å². The molecule has 0 bridgehead atoms. The van der Waals surface area contributed by atoms with E-state index in [0.717, 1.165) is 27.3 Å². The van der Waals surface area contributed by atoms with Gasteiger partial charge in [0.1, 0.15) is 11.4 Å². The van der Waals surface area contributed by atoms with Gasteiger partial charge in [0.25, 0.3) is 0 Å². The second-order valence-electron chi connectivity index (χ2n) is 6.10. The van der Waals surface area contributed by atoms with Crippen molar-refractivity contribution in [3.8, 4) is 17.1 Å². The summed E-state index contributed by atoms with van der Waals surface area (Å²) in [5, 5.41) is 15.1. The van der Waals surface area contributed by atoms with Gasteiger partial charge in [-0.25, -0.2) is 14.6 Å². The fourth-order valence-electron chi connectivity index (χ4n) is 2.85. The fraction of sp³-hybridized carbons (Fsp3) is 0.0500. The van der Waals surface area contributed by atoms with E-state index in [1.165, 1.54) is 11.8 Å². The van der Waals surface area contributed by atoms with Crippen LogP contribution >= 0.6 is 23.4 Å². The zero-order valence-corrected chi connectivity index (χ0v) is 16.5. The van der Waals surface area contributed by atoms with Gasteiger partial charge in [-0.1, -0.05) is 41.6 Å². The lowest BCUT2D eigenvalue weighted by Crippen LogP contribution is -1.97. The minimum Gasteiger partial charge on any atom is -0.420 e. The standard InChI is InChI=1S/C20H13ClN6OS/c21-14-8-6-13(7-9-14)19-26-25-17(28-19)11-29-20-16-10-24-27(18(16)22-12-23-20)15-4-2-1-3-5-15/h1-10,12H,11H2. The number of hydrogen-bond donors (Lipinski definition) is 0. The van der Waals surface area contributed by atoms with Crippen LogP contribution in [-0.4, -0.2) is 29.9 Å². The first kappa shape index (κ1) is 17.8. The van der Waals surface area contributed by atoms with E-state index in [0.29, 0.717) is 22.6 Å². The van der Waals surface area contributed by atoms with E-state index in [-0.39, 0.29) is 0 Å².